The van der Waals surface area contributed by atoms with Gasteiger partial charge in [0.05, 0.1) is 12.8 Å². The predicted molar refractivity (Wildman–Crippen MR) is 74.7 cm³/mol. The molecule has 1 aromatic carbocycles. The molecule has 0 amide bonds. The SMILES string of the molecule is Cc1cccc(NCCN(C)Cc2ccco2)c1. The first-order valence-corrected chi connectivity index (χ1v) is 6.25. The number of likely N-dealkylation sites (N-methyl/N-ethyl adjacent to an activating group) is 1. The molecule has 0 unspecified atom stereocenters. The minimum atomic E-state index is 0.850. The average Bonchev–Trinajstić information content (AvgIpc) is 2.82. The molecule has 0 atom stereocenters. The highest BCUT2D eigenvalue weighted by atomic mass is 16.3. The van der Waals surface area contributed by atoms with Gasteiger partial charge in [0.1, 0.15) is 5.76 Å². The first kappa shape index (κ1) is 12.7. The molecule has 0 spiro atoms. The lowest BCUT2D eigenvalue weighted by Gasteiger charge is -2.16. The zero-order chi connectivity index (χ0) is 12.8. The van der Waals surface area contributed by atoms with Gasteiger partial charge in [0.2, 0.25) is 0 Å². The van der Waals surface area contributed by atoms with Crippen LogP contribution >= 0.6 is 0 Å². The first-order chi connectivity index (χ1) is 8.74. The molecule has 3 nitrogen and oxygen atoms in total. The van der Waals surface area contributed by atoms with Crippen molar-refractivity contribution in [2.45, 2.75) is 13.5 Å². The molecule has 0 aliphatic carbocycles. The molecule has 18 heavy (non-hydrogen) atoms. The third kappa shape index (κ3) is 3.93. The Bertz CT molecular complexity index is 465. The molecular weight excluding hydrogens is 224 g/mol. The second-order valence-corrected chi connectivity index (χ2v) is 4.61. The number of hydrogen-bond donors (Lipinski definition) is 1. The van der Waals surface area contributed by atoms with Crippen molar-refractivity contribution in [3.8, 4) is 0 Å². The van der Waals surface area contributed by atoms with E-state index in [0.717, 1.165) is 25.4 Å². The van der Waals surface area contributed by atoms with Crippen LogP contribution in [-0.2, 0) is 6.54 Å². The van der Waals surface area contributed by atoms with Crippen LogP contribution in [0.15, 0.2) is 47.1 Å². The lowest BCUT2D eigenvalue weighted by Crippen LogP contribution is -2.24. The van der Waals surface area contributed by atoms with Gasteiger partial charge in [-0.05, 0) is 43.8 Å². The van der Waals surface area contributed by atoms with Gasteiger partial charge in [-0.2, -0.15) is 0 Å². The van der Waals surface area contributed by atoms with Crippen molar-refractivity contribution >= 4 is 5.69 Å². The average molecular weight is 244 g/mol. The van der Waals surface area contributed by atoms with E-state index in [4.69, 9.17) is 4.42 Å². The van der Waals surface area contributed by atoms with Crippen molar-refractivity contribution in [2.24, 2.45) is 0 Å². The summed E-state index contributed by atoms with van der Waals surface area (Å²) in [7, 11) is 2.10. The molecule has 0 aliphatic heterocycles. The van der Waals surface area contributed by atoms with Crippen molar-refractivity contribution in [2.75, 3.05) is 25.5 Å². The highest BCUT2D eigenvalue weighted by molar-refractivity contribution is 5.45. The number of nitrogens with zero attached hydrogens (tertiary/aromatic N) is 1. The van der Waals surface area contributed by atoms with Crippen LogP contribution in [0.1, 0.15) is 11.3 Å². The van der Waals surface area contributed by atoms with Gasteiger partial charge < -0.3 is 9.73 Å². The highest BCUT2D eigenvalue weighted by Crippen LogP contribution is 2.09. The van der Waals surface area contributed by atoms with Crippen LogP contribution in [0.3, 0.4) is 0 Å². The minimum absolute atomic E-state index is 0.850. The minimum Gasteiger partial charge on any atom is -0.468 e. The molecule has 0 fully saturated rings. The summed E-state index contributed by atoms with van der Waals surface area (Å²) in [5.74, 6) is 1.01. The molecule has 1 heterocycles. The van der Waals surface area contributed by atoms with E-state index in [0.29, 0.717) is 0 Å². The third-order valence-corrected chi connectivity index (χ3v) is 2.85. The molecule has 0 radical (unpaired) electrons. The number of benzene rings is 1. The molecule has 2 aromatic rings. The van der Waals surface area contributed by atoms with Gasteiger partial charge in [-0.3, -0.25) is 4.90 Å². The van der Waals surface area contributed by atoms with Gasteiger partial charge in [0.25, 0.3) is 0 Å². The molecule has 2 rings (SSSR count). The van der Waals surface area contributed by atoms with Gasteiger partial charge in [-0.1, -0.05) is 12.1 Å². The Morgan fingerprint density at radius 3 is 2.83 bits per heavy atom. The molecule has 0 saturated carbocycles. The molecule has 1 aromatic heterocycles. The summed E-state index contributed by atoms with van der Waals surface area (Å²) in [5.41, 5.74) is 2.46. The molecule has 3 heteroatoms. The zero-order valence-electron chi connectivity index (χ0n) is 11.0. The van der Waals surface area contributed by atoms with Crippen molar-refractivity contribution in [1.29, 1.82) is 0 Å². The van der Waals surface area contributed by atoms with E-state index < -0.39 is 0 Å². The maximum Gasteiger partial charge on any atom is 0.117 e. The maximum absolute atomic E-state index is 5.32. The number of furan rings is 1. The fraction of sp³-hybridized carbons (Fsp3) is 0.333. The summed E-state index contributed by atoms with van der Waals surface area (Å²) in [5, 5.41) is 3.42. The van der Waals surface area contributed by atoms with E-state index in [9.17, 15) is 0 Å². The van der Waals surface area contributed by atoms with Crippen LogP contribution in [0.2, 0.25) is 0 Å². The van der Waals surface area contributed by atoms with E-state index in [1.165, 1.54) is 11.3 Å². The fourth-order valence-electron chi connectivity index (χ4n) is 1.89. The second-order valence-electron chi connectivity index (χ2n) is 4.61. The third-order valence-electron chi connectivity index (χ3n) is 2.85. The number of nitrogens with one attached hydrogen (secondary N) is 1. The number of hydrogen-bond acceptors (Lipinski definition) is 3. The topological polar surface area (TPSA) is 28.4 Å². The summed E-state index contributed by atoms with van der Waals surface area (Å²) >= 11 is 0. The summed E-state index contributed by atoms with van der Waals surface area (Å²) in [6.07, 6.45) is 1.72. The van der Waals surface area contributed by atoms with Crippen molar-refractivity contribution in [3.63, 3.8) is 0 Å². The lowest BCUT2D eigenvalue weighted by molar-refractivity contribution is 0.305. The van der Waals surface area contributed by atoms with Crippen LogP contribution < -0.4 is 5.32 Å². The maximum atomic E-state index is 5.32. The second kappa shape index (κ2) is 6.26. The van der Waals surface area contributed by atoms with E-state index >= 15 is 0 Å². The molecule has 96 valence electrons. The highest BCUT2D eigenvalue weighted by Gasteiger charge is 2.01. The quantitative estimate of drug-likeness (QED) is 0.846. The van der Waals surface area contributed by atoms with Gasteiger partial charge in [0, 0.05) is 18.8 Å². The number of aryl methyl sites for hydroxylation is 1. The van der Waals surface area contributed by atoms with Crippen LogP contribution in [-0.4, -0.2) is 25.0 Å². The first-order valence-electron chi connectivity index (χ1n) is 6.25. The standard InChI is InChI=1S/C15H20N2O/c1-13-5-3-6-14(11-13)16-8-9-17(2)12-15-7-4-10-18-15/h3-7,10-11,16H,8-9,12H2,1-2H3. The van der Waals surface area contributed by atoms with Crippen LogP contribution in [0.5, 0.6) is 0 Å². The molecule has 1 N–H and O–H groups in total. The molecule has 0 aliphatic rings. The predicted octanol–water partition coefficient (Wildman–Crippen LogP) is 3.13. The molecule has 0 bridgehead atoms. The Balaban J connectivity index is 1.72. The Kier molecular flexibility index (Phi) is 4.42. The van der Waals surface area contributed by atoms with Gasteiger partial charge >= 0.3 is 0 Å². The Labute approximate surface area is 108 Å². The van der Waals surface area contributed by atoms with E-state index in [2.05, 4.69) is 48.5 Å². The summed E-state index contributed by atoms with van der Waals surface area (Å²) in [6, 6.07) is 12.4. The monoisotopic (exact) mass is 244 g/mol. The van der Waals surface area contributed by atoms with Crippen molar-refractivity contribution in [3.05, 3.63) is 54.0 Å². The number of rotatable bonds is 6. The van der Waals surface area contributed by atoms with E-state index in [-0.39, 0.29) is 0 Å². The zero-order valence-corrected chi connectivity index (χ0v) is 11.0. The molecule has 0 saturated heterocycles. The Morgan fingerprint density at radius 2 is 2.11 bits per heavy atom. The number of anilines is 1. The molecular formula is C15H20N2O. The van der Waals surface area contributed by atoms with Gasteiger partial charge in [-0.15, -0.1) is 0 Å². The van der Waals surface area contributed by atoms with Gasteiger partial charge in [-0.25, -0.2) is 0 Å². The summed E-state index contributed by atoms with van der Waals surface area (Å²) < 4.78 is 5.32. The van der Waals surface area contributed by atoms with Crippen molar-refractivity contribution in [1.82, 2.24) is 4.90 Å². The fourth-order valence-corrected chi connectivity index (χ4v) is 1.89. The van der Waals surface area contributed by atoms with Crippen LogP contribution in [0.4, 0.5) is 5.69 Å². The summed E-state index contributed by atoms with van der Waals surface area (Å²) in [6.45, 7) is 4.87. The smallest absolute Gasteiger partial charge is 0.117 e. The largest absolute Gasteiger partial charge is 0.468 e. The van der Waals surface area contributed by atoms with Crippen LogP contribution in [0.25, 0.3) is 0 Å². The normalized spacial score (nSPS) is 10.8. The Hall–Kier alpha value is -1.74. The summed E-state index contributed by atoms with van der Waals surface area (Å²) in [4.78, 5) is 2.24. The van der Waals surface area contributed by atoms with E-state index in [1.54, 1.807) is 6.26 Å². The van der Waals surface area contributed by atoms with Crippen molar-refractivity contribution < 1.29 is 4.42 Å². The lowest BCUT2D eigenvalue weighted by atomic mass is 10.2. The van der Waals surface area contributed by atoms with E-state index in [1.807, 2.05) is 12.1 Å². The van der Waals surface area contributed by atoms with Crippen LogP contribution in [0, 0.1) is 6.92 Å². The Morgan fingerprint density at radius 1 is 1.22 bits per heavy atom. The van der Waals surface area contributed by atoms with Gasteiger partial charge in [0.15, 0.2) is 0 Å².